The Kier molecular flexibility index (Phi) is 4.45. The fourth-order valence-corrected chi connectivity index (χ4v) is 2.49. The minimum Gasteiger partial charge on any atom is -0.398 e. The number of thioether (sulfide) groups is 1. The summed E-state index contributed by atoms with van der Waals surface area (Å²) in [6, 6.07) is 12.3. The lowest BCUT2D eigenvalue weighted by atomic mass is 10.1. The molecule has 2 N–H and O–H groups in total. The average Bonchev–Trinajstić information content (AvgIpc) is 2.38. The Morgan fingerprint density at radius 2 is 1.94 bits per heavy atom. The first-order valence-corrected chi connectivity index (χ1v) is 6.71. The van der Waals surface area contributed by atoms with Gasteiger partial charge in [0.1, 0.15) is 0 Å². The summed E-state index contributed by atoms with van der Waals surface area (Å²) in [4.78, 5) is 5.42. The topological polar surface area (TPSA) is 38.9 Å². The lowest BCUT2D eigenvalue weighted by Crippen LogP contribution is -1.96. The Morgan fingerprint density at radius 3 is 2.71 bits per heavy atom. The fourth-order valence-electron chi connectivity index (χ4n) is 1.62. The summed E-state index contributed by atoms with van der Waals surface area (Å²) in [5.41, 5.74) is 7.87. The van der Waals surface area contributed by atoms with Crippen LogP contribution in [0.3, 0.4) is 0 Å². The van der Waals surface area contributed by atoms with Gasteiger partial charge in [-0.2, -0.15) is 0 Å². The highest BCUT2D eigenvalue weighted by molar-refractivity contribution is 7.99. The minimum absolute atomic E-state index is 0.852. The van der Waals surface area contributed by atoms with E-state index < -0.39 is 0 Å². The number of nitrogens with zero attached hydrogens (tertiary/aromatic N) is 1. The van der Waals surface area contributed by atoms with Crippen LogP contribution in [0.5, 0.6) is 0 Å². The summed E-state index contributed by atoms with van der Waals surface area (Å²) < 4.78 is 0. The second-order valence-corrected chi connectivity index (χ2v) is 5.01. The molecule has 2 aromatic rings. The van der Waals surface area contributed by atoms with Crippen LogP contribution in [-0.2, 0) is 6.42 Å². The number of nitrogens with two attached hydrogens (primary N) is 1. The Labute approximate surface area is 106 Å². The van der Waals surface area contributed by atoms with E-state index in [0.717, 1.165) is 29.8 Å². The van der Waals surface area contributed by atoms with E-state index in [1.165, 1.54) is 4.90 Å². The van der Waals surface area contributed by atoms with Gasteiger partial charge in [-0.25, -0.2) is 0 Å². The number of anilines is 1. The standard InChI is InChI=1S/C14H16N2S/c15-14-8-9-16-11-12(14)5-4-10-17-13-6-2-1-3-7-13/h1-3,6-9,11H,4-5,10H2,(H2,15,16). The molecule has 0 spiro atoms. The number of hydrogen-bond donors (Lipinski definition) is 1. The monoisotopic (exact) mass is 244 g/mol. The summed E-state index contributed by atoms with van der Waals surface area (Å²) in [7, 11) is 0. The van der Waals surface area contributed by atoms with Crippen LogP contribution < -0.4 is 5.73 Å². The summed E-state index contributed by atoms with van der Waals surface area (Å²) in [6.45, 7) is 0. The van der Waals surface area contributed by atoms with Gasteiger partial charge in [0.2, 0.25) is 0 Å². The van der Waals surface area contributed by atoms with Gasteiger partial charge in [-0.1, -0.05) is 18.2 Å². The molecule has 0 saturated carbocycles. The number of rotatable bonds is 5. The average molecular weight is 244 g/mol. The van der Waals surface area contributed by atoms with Crippen LogP contribution in [0.4, 0.5) is 5.69 Å². The molecular weight excluding hydrogens is 228 g/mol. The molecule has 0 atom stereocenters. The van der Waals surface area contributed by atoms with E-state index in [1.54, 1.807) is 6.20 Å². The lowest BCUT2D eigenvalue weighted by Gasteiger charge is -2.04. The highest BCUT2D eigenvalue weighted by atomic mass is 32.2. The number of aromatic nitrogens is 1. The number of hydrogen-bond acceptors (Lipinski definition) is 3. The molecule has 17 heavy (non-hydrogen) atoms. The van der Waals surface area contributed by atoms with Gasteiger partial charge < -0.3 is 5.73 Å². The maximum Gasteiger partial charge on any atom is 0.0377 e. The molecule has 2 nitrogen and oxygen atoms in total. The summed E-state index contributed by atoms with van der Waals surface area (Å²) in [5.74, 6) is 1.11. The number of benzene rings is 1. The molecule has 0 amide bonds. The smallest absolute Gasteiger partial charge is 0.0377 e. The Balaban J connectivity index is 1.76. The van der Waals surface area contributed by atoms with Crippen LogP contribution in [0.25, 0.3) is 0 Å². The van der Waals surface area contributed by atoms with Crippen LogP contribution in [0.15, 0.2) is 53.7 Å². The fraction of sp³-hybridized carbons (Fsp3) is 0.214. The largest absolute Gasteiger partial charge is 0.398 e. The van der Waals surface area contributed by atoms with Gasteiger partial charge in [0, 0.05) is 23.0 Å². The molecule has 0 saturated heterocycles. The Morgan fingerprint density at radius 1 is 1.12 bits per heavy atom. The zero-order valence-electron chi connectivity index (χ0n) is 9.67. The SMILES string of the molecule is Nc1ccncc1CCCSc1ccccc1. The van der Waals surface area contributed by atoms with E-state index in [2.05, 4.69) is 29.2 Å². The second-order valence-electron chi connectivity index (χ2n) is 3.84. The van der Waals surface area contributed by atoms with Crippen LogP contribution in [0, 0.1) is 0 Å². The molecule has 0 aliphatic carbocycles. The van der Waals surface area contributed by atoms with E-state index >= 15 is 0 Å². The normalized spacial score (nSPS) is 10.4. The van der Waals surface area contributed by atoms with Crippen molar-refractivity contribution in [2.24, 2.45) is 0 Å². The van der Waals surface area contributed by atoms with Crippen molar-refractivity contribution in [3.05, 3.63) is 54.4 Å². The van der Waals surface area contributed by atoms with Gasteiger partial charge in [-0.05, 0) is 42.4 Å². The molecular formula is C14H16N2S. The van der Waals surface area contributed by atoms with Crippen LogP contribution in [-0.4, -0.2) is 10.7 Å². The van der Waals surface area contributed by atoms with Gasteiger partial charge in [0.25, 0.3) is 0 Å². The van der Waals surface area contributed by atoms with Gasteiger partial charge in [-0.15, -0.1) is 11.8 Å². The highest BCUT2D eigenvalue weighted by Crippen LogP contribution is 2.19. The van der Waals surface area contributed by atoms with Crippen molar-refractivity contribution in [3.63, 3.8) is 0 Å². The van der Waals surface area contributed by atoms with Gasteiger partial charge in [-0.3, -0.25) is 4.98 Å². The number of aryl methyl sites for hydroxylation is 1. The molecule has 3 heteroatoms. The van der Waals surface area contributed by atoms with Crippen molar-refractivity contribution < 1.29 is 0 Å². The van der Waals surface area contributed by atoms with Crippen molar-refractivity contribution in [1.29, 1.82) is 0 Å². The van der Waals surface area contributed by atoms with Gasteiger partial charge in [0.15, 0.2) is 0 Å². The van der Waals surface area contributed by atoms with Crippen molar-refractivity contribution in [2.75, 3.05) is 11.5 Å². The number of nitrogen functional groups attached to an aromatic ring is 1. The number of pyridine rings is 1. The summed E-state index contributed by atoms with van der Waals surface area (Å²) in [6.07, 6.45) is 5.72. The molecule has 0 fully saturated rings. The van der Waals surface area contributed by atoms with E-state index in [4.69, 9.17) is 5.73 Å². The molecule has 0 aliphatic heterocycles. The van der Waals surface area contributed by atoms with E-state index in [1.807, 2.05) is 30.1 Å². The van der Waals surface area contributed by atoms with E-state index in [0.29, 0.717) is 0 Å². The molecule has 1 heterocycles. The zero-order valence-corrected chi connectivity index (χ0v) is 10.5. The van der Waals surface area contributed by atoms with E-state index in [-0.39, 0.29) is 0 Å². The quantitative estimate of drug-likeness (QED) is 0.647. The van der Waals surface area contributed by atoms with Crippen molar-refractivity contribution in [1.82, 2.24) is 4.98 Å². The van der Waals surface area contributed by atoms with E-state index in [9.17, 15) is 0 Å². The molecule has 1 aromatic carbocycles. The maximum atomic E-state index is 5.87. The predicted molar refractivity (Wildman–Crippen MR) is 74.1 cm³/mol. The van der Waals surface area contributed by atoms with Gasteiger partial charge in [0.05, 0.1) is 0 Å². The Hall–Kier alpha value is -1.48. The van der Waals surface area contributed by atoms with Crippen LogP contribution in [0.1, 0.15) is 12.0 Å². The summed E-state index contributed by atoms with van der Waals surface area (Å²) >= 11 is 1.88. The van der Waals surface area contributed by atoms with Crippen molar-refractivity contribution >= 4 is 17.4 Å². The predicted octanol–water partition coefficient (Wildman–Crippen LogP) is 3.39. The third kappa shape index (κ3) is 3.79. The van der Waals surface area contributed by atoms with Crippen LogP contribution in [0.2, 0.25) is 0 Å². The molecule has 1 aromatic heterocycles. The molecule has 0 unspecified atom stereocenters. The summed E-state index contributed by atoms with van der Waals surface area (Å²) in [5, 5.41) is 0. The third-order valence-electron chi connectivity index (χ3n) is 2.54. The zero-order chi connectivity index (χ0) is 11.9. The first kappa shape index (κ1) is 12.0. The van der Waals surface area contributed by atoms with Crippen LogP contribution >= 0.6 is 11.8 Å². The molecule has 0 bridgehead atoms. The lowest BCUT2D eigenvalue weighted by molar-refractivity contribution is 0.927. The third-order valence-corrected chi connectivity index (χ3v) is 3.64. The second kappa shape index (κ2) is 6.30. The first-order chi connectivity index (χ1) is 8.36. The molecule has 2 rings (SSSR count). The molecule has 0 radical (unpaired) electrons. The Bertz CT molecular complexity index is 457. The first-order valence-electron chi connectivity index (χ1n) is 5.72. The van der Waals surface area contributed by atoms with Gasteiger partial charge >= 0.3 is 0 Å². The maximum absolute atomic E-state index is 5.87. The molecule has 0 aliphatic rings. The minimum atomic E-state index is 0.852. The van der Waals surface area contributed by atoms with Crippen molar-refractivity contribution in [2.45, 2.75) is 17.7 Å². The molecule has 88 valence electrons. The van der Waals surface area contributed by atoms with Crippen molar-refractivity contribution in [3.8, 4) is 0 Å². The highest BCUT2D eigenvalue weighted by Gasteiger charge is 1.99.